The monoisotopic (exact) mass is 256 g/mol. The number of halogens is 3. The highest BCUT2D eigenvalue weighted by atomic mass is 19.4. The highest BCUT2D eigenvalue weighted by Gasteiger charge is 2.32. The van der Waals surface area contributed by atoms with Crippen LogP contribution in [0.4, 0.5) is 13.2 Å². The quantitative estimate of drug-likeness (QED) is 0.847. The Morgan fingerprint density at radius 2 is 2.00 bits per heavy atom. The first-order valence-electron chi connectivity index (χ1n) is 5.46. The predicted octanol–water partition coefficient (Wildman–Crippen LogP) is 2.63. The minimum absolute atomic E-state index is 0.337. The number of imidazole rings is 1. The molecule has 2 aromatic heterocycles. The molecule has 2 aromatic rings. The summed E-state index contributed by atoms with van der Waals surface area (Å²) in [6, 6.07) is 2.20. The van der Waals surface area contributed by atoms with Crippen LogP contribution in [-0.2, 0) is 12.6 Å². The third kappa shape index (κ3) is 2.49. The molecular weight excluding hydrogens is 245 g/mol. The van der Waals surface area contributed by atoms with Gasteiger partial charge in [0.05, 0.1) is 0 Å². The summed E-state index contributed by atoms with van der Waals surface area (Å²) in [7, 11) is 0. The second-order valence-corrected chi connectivity index (χ2v) is 3.74. The molecule has 0 fully saturated rings. The van der Waals surface area contributed by atoms with Crippen LogP contribution in [0.25, 0.3) is 5.82 Å². The molecule has 0 aromatic carbocycles. The fourth-order valence-corrected chi connectivity index (χ4v) is 1.56. The molecule has 0 aliphatic carbocycles. The summed E-state index contributed by atoms with van der Waals surface area (Å²) in [4.78, 5) is 4.13. The van der Waals surface area contributed by atoms with Gasteiger partial charge in [-0.2, -0.15) is 13.2 Å². The summed E-state index contributed by atoms with van der Waals surface area (Å²) in [6.07, 6.45) is 0.403. The fourth-order valence-electron chi connectivity index (χ4n) is 1.56. The molecule has 0 radical (unpaired) electrons. The summed E-state index contributed by atoms with van der Waals surface area (Å²) >= 11 is 0. The van der Waals surface area contributed by atoms with E-state index in [-0.39, 0.29) is 0 Å². The number of nitrogens with zero attached hydrogens (tertiary/aromatic N) is 4. The van der Waals surface area contributed by atoms with E-state index in [1.807, 2.05) is 6.92 Å². The molecule has 0 bridgehead atoms. The molecule has 0 aliphatic rings. The van der Waals surface area contributed by atoms with Crippen molar-refractivity contribution in [2.75, 3.05) is 0 Å². The standard InChI is InChI=1S/C11H11F3N4/c1-2-3-9-15-6-7-18(9)10-5-4-8(16-17-10)11(12,13)14/h4-7H,2-3H2,1H3. The van der Waals surface area contributed by atoms with Gasteiger partial charge in [-0.3, -0.25) is 4.57 Å². The number of aromatic nitrogens is 4. The molecule has 18 heavy (non-hydrogen) atoms. The van der Waals surface area contributed by atoms with Gasteiger partial charge in [0.1, 0.15) is 5.82 Å². The van der Waals surface area contributed by atoms with E-state index in [9.17, 15) is 13.2 Å². The molecule has 0 amide bonds. The minimum atomic E-state index is -4.47. The van der Waals surface area contributed by atoms with E-state index in [2.05, 4.69) is 15.2 Å². The Morgan fingerprint density at radius 3 is 2.56 bits per heavy atom. The first kappa shape index (κ1) is 12.5. The average Bonchev–Trinajstić information content (AvgIpc) is 2.77. The molecule has 0 spiro atoms. The number of hydrogen-bond donors (Lipinski definition) is 0. The Labute approximate surface area is 101 Å². The maximum Gasteiger partial charge on any atom is 0.435 e. The van der Waals surface area contributed by atoms with Crippen LogP contribution < -0.4 is 0 Å². The summed E-state index contributed by atoms with van der Waals surface area (Å²) < 4.78 is 38.7. The highest BCUT2D eigenvalue weighted by molar-refractivity contribution is 5.24. The average molecular weight is 256 g/mol. The van der Waals surface area contributed by atoms with E-state index >= 15 is 0 Å². The highest BCUT2D eigenvalue weighted by Crippen LogP contribution is 2.27. The van der Waals surface area contributed by atoms with Crippen LogP contribution in [0.15, 0.2) is 24.5 Å². The summed E-state index contributed by atoms with van der Waals surface area (Å²) in [6.45, 7) is 2.00. The van der Waals surface area contributed by atoms with Crippen LogP contribution in [0.1, 0.15) is 24.9 Å². The molecule has 2 heterocycles. The largest absolute Gasteiger partial charge is 0.435 e. The molecule has 0 N–H and O–H groups in total. The molecule has 0 saturated carbocycles. The van der Waals surface area contributed by atoms with Crippen molar-refractivity contribution in [3.63, 3.8) is 0 Å². The molecule has 7 heteroatoms. The van der Waals surface area contributed by atoms with Crippen LogP contribution in [0, 0.1) is 0 Å². The topological polar surface area (TPSA) is 43.6 Å². The van der Waals surface area contributed by atoms with Crippen molar-refractivity contribution < 1.29 is 13.2 Å². The first-order chi connectivity index (χ1) is 8.52. The van der Waals surface area contributed by atoms with Crippen molar-refractivity contribution in [1.29, 1.82) is 0 Å². The van der Waals surface area contributed by atoms with E-state index in [1.165, 1.54) is 6.07 Å². The van der Waals surface area contributed by atoms with Gasteiger partial charge in [-0.1, -0.05) is 6.92 Å². The number of rotatable bonds is 3. The zero-order valence-corrected chi connectivity index (χ0v) is 9.65. The van der Waals surface area contributed by atoms with Gasteiger partial charge in [-0.15, -0.1) is 10.2 Å². The van der Waals surface area contributed by atoms with Gasteiger partial charge in [-0.25, -0.2) is 4.98 Å². The lowest BCUT2D eigenvalue weighted by molar-refractivity contribution is -0.141. The van der Waals surface area contributed by atoms with Gasteiger partial charge in [0, 0.05) is 18.8 Å². The van der Waals surface area contributed by atoms with Gasteiger partial charge in [0.25, 0.3) is 0 Å². The van der Waals surface area contributed by atoms with Crippen molar-refractivity contribution >= 4 is 0 Å². The molecule has 0 aliphatic heterocycles. The third-order valence-corrected chi connectivity index (χ3v) is 2.38. The molecule has 0 unspecified atom stereocenters. The molecular formula is C11H11F3N4. The van der Waals surface area contributed by atoms with Gasteiger partial charge < -0.3 is 0 Å². The molecule has 0 saturated heterocycles. The minimum Gasteiger partial charge on any atom is -0.286 e. The van der Waals surface area contributed by atoms with E-state index in [4.69, 9.17) is 0 Å². The SMILES string of the molecule is CCCc1nccn1-c1ccc(C(F)(F)F)nn1. The van der Waals surface area contributed by atoms with Gasteiger partial charge in [-0.05, 0) is 18.6 Å². The maximum absolute atomic E-state index is 12.3. The van der Waals surface area contributed by atoms with Crippen molar-refractivity contribution in [2.45, 2.75) is 25.9 Å². The normalized spacial score (nSPS) is 11.8. The van der Waals surface area contributed by atoms with Gasteiger partial charge >= 0.3 is 6.18 Å². The third-order valence-electron chi connectivity index (χ3n) is 2.38. The number of alkyl halides is 3. The van der Waals surface area contributed by atoms with Crippen molar-refractivity contribution in [3.8, 4) is 5.82 Å². The van der Waals surface area contributed by atoms with Crippen LogP contribution >= 0.6 is 0 Å². The van der Waals surface area contributed by atoms with Crippen molar-refractivity contribution in [1.82, 2.24) is 19.7 Å². The van der Waals surface area contributed by atoms with Crippen LogP contribution in [0.3, 0.4) is 0 Å². The van der Waals surface area contributed by atoms with Crippen LogP contribution in [-0.4, -0.2) is 19.7 Å². The fraction of sp³-hybridized carbons (Fsp3) is 0.364. The second-order valence-electron chi connectivity index (χ2n) is 3.74. The zero-order valence-electron chi connectivity index (χ0n) is 9.65. The Bertz CT molecular complexity index is 516. The number of aryl methyl sites for hydroxylation is 1. The summed E-state index contributed by atoms with van der Waals surface area (Å²) in [5.74, 6) is 1.09. The van der Waals surface area contributed by atoms with E-state index < -0.39 is 11.9 Å². The summed E-state index contributed by atoms with van der Waals surface area (Å²) in [5.41, 5.74) is -0.997. The Balaban J connectivity index is 2.32. The molecule has 96 valence electrons. The molecule has 0 atom stereocenters. The smallest absolute Gasteiger partial charge is 0.286 e. The van der Waals surface area contributed by atoms with E-state index in [1.54, 1.807) is 17.0 Å². The van der Waals surface area contributed by atoms with E-state index in [0.717, 1.165) is 24.7 Å². The lowest BCUT2D eigenvalue weighted by atomic mass is 10.3. The summed E-state index contributed by atoms with van der Waals surface area (Å²) in [5, 5.41) is 6.77. The first-order valence-corrected chi connectivity index (χ1v) is 5.46. The van der Waals surface area contributed by atoms with Crippen LogP contribution in [0.2, 0.25) is 0 Å². The predicted molar refractivity (Wildman–Crippen MR) is 58.2 cm³/mol. The number of hydrogen-bond acceptors (Lipinski definition) is 3. The van der Waals surface area contributed by atoms with Gasteiger partial charge in [0.15, 0.2) is 11.5 Å². The van der Waals surface area contributed by atoms with E-state index in [0.29, 0.717) is 5.82 Å². The Kier molecular flexibility index (Phi) is 3.31. The molecule has 2 rings (SSSR count). The van der Waals surface area contributed by atoms with Crippen LogP contribution in [0.5, 0.6) is 0 Å². The molecule has 4 nitrogen and oxygen atoms in total. The van der Waals surface area contributed by atoms with Crippen molar-refractivity contribution in [3.05, 3.63) is 36.0 Å². The zero-order chi connectivity index (χ0) is 13.2. The second kappa shape index (κ2) is 4.75. The Hall–Kier alpha value is -1.92. The van der Waals surface area contributed by atoms with Crippen molar-refractivity contribution in [2.24, 2.45) is 0 Å². The maximum atomic E-state index is 12.3. The Morgan fingerprint density at radius 1 is 1.22 bits per heavy atom. The lowest BCUT2D eigenvalue weighted by Crippen LogP contribution is -2.11. The van der Waals surface area contributed by atoms with Gasteiger partial charge in [0.2, 0.25) is 0 Å². The lowest BCUT2D eigenvalue weighted by Gasteiger charge is -2.07.